The minimum atomic E-state index is -0.435. The Balaban J connectivity index is 1.65. The minimum absolute atomic E-state index is 0.189. The first-order valence-electron chi connectivity index (χ1n) is 6.29. The fraction of sp³-hybridized carbons (Fsp3) is 0.571. The zero-order chi connectivity index (χ0) is 11.7. The van der Waals surface area contributed by atoms with Crippen LogP contribution in [0.25, 0.3) is 0 Å². The van der Waals surface area contributed by atoms with Gasteiger partial charge in [-0.25, -0.2) is 0 Å². The molecule has 3 heteroatoms. The zero-order valence-corrected chi connectivity index (χ0v) is 9.89. The number of hydrogen-bond acceptors (Lipinski definition) is 3. The van der Waals surface area contributed by atoms with Gasteiger partial charge in [0.1, 0.15) is 11.9 Å². The standard InChI is InChI=1S/C14H18O3/c15-14(5-6-14)9-11-2-1-3-12(8-11)17-13-4-7-16-10-13/h1-3,8,13,15H,4-7,9-10H2. The quantitative estimate of drug-likeness (QED) is 0.865. The first kappa shape index (κ1) is 11.1. The Labute approximate surface area is 101 Å². The molecule has 1 aromatic rings. The van der Waals surface area contributed by atoms with Crippen LogP contribution in [-0.2, 0) is 11.2 Å². The van der Waals surface area contributed by atoms with Gasteiger partial charge < -0.3 is 14.6 Å². The SMILES string of the molecule is OC1(Cc2cccc(OC3CCOC3)c2)CC1. The van der Waals surface area contributed by atoms with Crippen molar-refractivity contribution in [2.24, 2.45) is 0 Å². The molecule has 1 heterocycles. The van der Waals surface area contributed by atoms with Gasteiger partial charge in [0, 0.05) is 12.8 Å². The molecule has 0 bridgehead atoms. The smallest absolute Gasteiger partial charge is 0.124 e. The van der Waals surface area contributed by atoms with Gasteiger partial charge in [-0.3, -0.25) is 0 Å². The molecular weight excluding hydrogens is 216 g/mol. The summed E-state index contributed by atoms with van der Waals surface area (Å²) >= 11 is 0. The van der Waals surface area contributed by atoms with E-state index in [1.54, 1.807) is 0 Å². The van der Waals surface area contributed by atoms with Crippen LogP contribution in [0.1, 0.15) is 24.8 Å². The van der Waals surface area contributed by atoms with E-state index in [2.05, 4.69) is 0 Å². The molecule has 0 amide bonds. The van der Waals surface area contributed by atoms with E-state index in [1.165, 1.54) is 0 Å². The van der Waals surface area contributed by atoms with Crippen molar-refractivity contribution in [2.45, 2.75) is 37.4 Å². The van der Waals surface area contributed by atoms with E-state index in [0.29, 0.717) is 6.61 Å². The van der Waals surface area contributed by atoms with Crippen molar-refractivity contribution in [2.75, 3.05) is 13.2 Å². The summed E-state index contributed by atoms with van der Waals surface area (Å²) in [5.41, 5.74) is 0.719. The monoisotopic (exact) mass is 234 g/mol. The third-order valence-corrected chi connectivity index (χ3v) is 3.45. The lowest BCUT2D eigenvalue weighted by Gasteiger charge is -2.13. The van der Waals surface area contributed by atoms with Gasteiger partial charge in [-0.1, -0.05) is 12.1 Å². The highest BCUT2D eigenvalue weighted by molar-refractivity contribution is 5.30. The van der Waals surface area contributed by atoms with E-state index in [-0.39, 0.29) is 6.10 Å². The molecule has 1 N–H and O–H groups in total. The van der Waals surface area contributed by atoms with Gasteiger partial charge in [0.25, 0.3) is 0 Å². The first-order chi connectivity index (χ1) is 8.23. The topological polar surface area (TPSA) is 38.7 Å². The summed E-state index contributed by atoms with van der Waals surface area (Å²) in [7, 11) is 0. The summed E-state index contributed by atoms with van der Waals surface area (Å²) in [6, 6.07) is 8.05. The number of ether oxygens (including phenoxy) is 2. The lowest BCUT2D eigenvalue weighted by Crippen LogP contribution is -2.16. The van der Waals surface area contributed by atoms with E-state index < -0.39 is 5.60 Å². The van der Waals surface area contributed by atoms with Crippen LogP contribution in [0.3, 0.4) is 0 Å². The Bertz CT molecular complexity index is 392. The molecule has 3 rings (SSSR count). The number of benzene rings is 1. The van der Waals surface area contributed by atoms with Crippen molar-refractivity contribution >= 4 is 0 Å². The molecular formula is C14H18O3. The molecule has 0 radical (unpaired) electrons. The molecule has 92 valence electrons. The number of hydrogen-bond donors (Lipinski definition) is 1. The molecule has 1 saturated carbocycles. The van der Waals surface area contributed by atoms with E-state index in [4.69, 9.17) is 9.47 Å². The lowest BCUT2D eigenvalue weighted by atomic mass is 10.1. The highest BCUT2D eigenvalue weighted by atomic mass is 16.5. The third kappa shape index (κ3) is 2.79. The predicted molar refractivity (Wildman–Crippen MR) is 64.2 cm³/mol. The highest BCUT2D eigenvalue weighted by Gasteiger charge is 2.40. The Morgan fingerprint density at radius 1 is 1.41 bits per heavy atom. The van der Waals surface area contributed by atoms with Gasteiger partial charge in [0.2, 0.25) is 0 Å². The van der Waals surface area contributed by atoms with Gasteiger partial charge in [-0.05, 0) is 30.5 Å². The lowest BCUT2D eigenvalue weighted by molar-refractivity contribution is 0.140. The molecule has 1 aliphatic heterocycles. The second-order valence-electron chi connectivity index (χ2n) is 5.15. The average molecular weight is 234 g/mol. The fourth-order valence-corrected chi connectivity index (χ4v) is 2.23. The summed E-state index contributed by atoms with van der Waals surface area (Å²) in [5, 5.41) is 9.90. The third-order valence-electron chi connectivity index (χ3n) is 3.45. The van der Waals surface area contributed by atoms with Crippen LogP contribution in [0, 0.1) is 0 Å². The molecule has 2 fully saturated rings. The second-order valence-corrected chi connectivity index (χ2v) is 5.15. The second kappa shape index (κ2) is 4.31. The summed E-state index contributed by atoms with van der Waals surface area (Å²) < 4.78 is 11.1. The van der Waals surface area contributed by atoms with Crippen molar-refractivity contribution in [3.63, 3.8) is 0 Å². The molecule has 2 aliphatic rings. The highest BCUT2D eigenvalue weighted by Crippen LogP contribution is 2.38. The zero-order valence-electron chi connectivity index (χ0n) is 9.89. The van der Waals surface area contributed by atoms with Crippen molar-refractivity contribution < 1.29 is 14.6 Å². The molecule has 1 aliphatic carbocycles. The maximum absolute atomic E-state index is 9.90. The molecule has 3 nitrogen and oxygen atoms in total. The van der Waals surface area contributed by atoms with E-state index in [1.807, 2.05) is 24.3 Å². The maximum atomic E-state index is 9.90. The van der Waals surface area contributed by atoms with Crippen molar-refractivity contribution in [3.8, 4) is 5.75 Å². The van der Waals surface area contributed by atoms with Crippen molar-refractivity contribution in [1.29, 1.82) is 0 Å². The predicted octanol–water partition coefficient (Wildman–Crippen LogP) is 1.92. The number of rotatable bonds is 4. The molecule has 1 unspecified atom stereocenters. The van der Waals surface area contributed by atoms with E-state index >= 15 is 0 Å². The Hall–Kier alpha value is -1.06. The largest absolute Gasteiger partial charge is 0.488 e. The molecule has 1 saturated heterocycles. The fourth-order valence-electron chi connectivity index (χ4n) is 2.23. The Morgan fingerprint density at radius 2 is 2.29 bits per heavy atom. The van der Waals surface area contributed by atoms with Crippen LogP contribution in [0.2, 0.25) is 0 Å². The molecule has 17 heavy (non-hydrogen) atoms. The van der Waals surface area contributed by atoms with E-state index in [0.717, 1.165) is 43.6 Å². The Morgan fingerprint density at radius 3 is 3.00 bits per heavy atom. The van der Waals surface area contributed by atoms with Gasteiger partial charge in [-0.2, -0.15) is 0 Å². The van der Waals surface area contributed by atoms with Gasteiger partial charge in [0.15, 0.2) is 0 Å². The number of aliphatic hydroxyl groups is 1. The molecule has 1 atom stereocenters. The average Bonchev–Trinajstić information content (AvgIpc) is 2.82. The van der Waals surface area contributed by atoms with Gasteiger partial charge >= 0.3 is 0 Å². The minimum Gasteiger partial charge on any atom is -0.488 e. The summed E-state index contributed by atoms with van der Waals surface area (Å²) in [5.74, 6) is 0.891. The van der Waals surface area contributed by atoms with Crippen LogP contribution < -0.4 is 4.74 Å². The summed E-state index contributed by atoms with van der Waals surface area (Å²) in [6.45, 7) is 1.48. The molecule has 1 aromatic carbocycles. The van der Waals surface area contributed by atoms with Crippen LogP contribution in [0.4, 0.5) is 0 Å². The van der Waals surface area contributed by atoms with Crippen LogP contribution in [-0.4, -0.2) is 30.0 Å². The van der Waals surface area contributed by atoms with Crippen LogP contribution in [0.15, 0.2) is 24.3 Å². The van der Waals surface area contributed by atoms with Gasteiger partial charge in [0.05, 0.1) is 18.8 Å². The maximum Gasteiger partial charge on any atom is 0.124 e. The van der Waals surface area contributed by atoms with E-state index in [9.17, 15) is 5.11 Å². The van der Waals surface area contributed by atoms with Crippen molar-refractivity contribution in [1.82, 2.24) is 0 Å². The van der Waals surface area contributed by atoms with Crippen LogP contribution >= 0.6 is 0 Å². The summed E-state index contributed by atoms with van der Waals surface area (Å²) in [4.78, 5) is 0. The first-order valence-corrected chi connectivity index (χ1v) is 6.29. The van der Waals surface area contributed by atoms with Crippen LogP contribution in [0.5, 0.6) is 5.75 Å². The Kier molecular flexibility index (Phi) is 2.81. The normalized spacial score (nSPS) is 25.8. The summed E-state index contributed by atoms with van der Waals surface area (Å²) in [6.07, 6.45) is 3.75. The van der Waals surface area contributed by atoms with Crippen molar-refractivity contribution in [3.05, 3.63) is 29.8 Å². The van der Waals surface area contributed by atoms with Gasteiger partial charge in [-0.15, -0.1) is 0 Å². The molecule has 0 aromatic heterocycles. The molecule has 0 spiro atoms.